The molecule has 6 nitrogen and oxygen atoms in total. The summed E-state index contributed by atoms with van der Waals surface area (Å²) in [6, 6.07) is 14.5. The Kier molecular flexibility index (Phi) is 9.75. The second kappa shape index (κ2) is 12.0. The van der Waals surface area contributed by atoms with Gasteiger partial charge in [0.15, 0.2) is 0 Å². The predicted octanol–water partition coefficient (Wildman–Crippen LogP) is 4.23. The number of ether oxygens (including phenoxy) is 2. The summed E-state index contributed by atoms with van der Waals surface area (Å²) in [7, 11) is -0.610. The lowest BCUT2D eigenvalue weighted by atomic mass is 9.96. The quantitative estimate of drug-likeness (QED) is 0.325. The molecule has 0 amide bonds. The molecule has 2 N–H and O–H groups in total. The predicted molar refractivity (Wildman–Crippen MR) is 129 cm³/mol. The van der Waals surface area contributed by atoms with Crippen molar-refractivity contribution in [3.8, 4) is 11.5 Å². The fourth-order valence-electron chi connectivity index (χ4n) is 3.73. The van der Waals surface area contributed by atoms with Gasteiger partial charge in [0.1, 0.15) is 17.2 Å². The SMILES string of the molecule is C=CCCC(CCC)S(=O)(=O)NC(O)(Cc1ccc(OC)cc1)Cc1ccc(OC)cc1. The Hall–Kier alpha value is -2.35. The van der Waals surface area contributed by atoms with Gasteiger partial charge in [0, 0.05) is 12.8 Å². The van der Waals surface area contributed by atoms with E-state index in [2.05, 4.69) is 11.3 Å². The van der Waals surface area contributed by atoms with E-state index in [0.717, 1.165) is 17.5 Å². The first-order valence-electron chi connectivity index (χ1n) is 10.9. The fourth-order valence-corrected chi connectivity index (χ4v) is 5.56. The molecule has 176 valence electrons. The van der Waals surface area contributed by atoms with Crippen LogP contribution < -0.4 is 14.2 Å². The first-order chi connectivity index (χ1) is 15.2. The maximum atomic E-state index is 13.3. The monoisotopic (exact) mass is 461 g/mol. The van der Waals surface area contributed by atoms with Crippen LogP contribution in [0, 0.1) is 0 Å². The molecular formula is C25H35NO5S. The van der Waals surface area contributed by atoms with Crippen LogP contribution in [0.2, 0.25) is 0 Å². The van der Waals surface area contributed by atoms with Crippen LogP contribution in [0.3, 0.4) is 0 Å². The van der Waals surface area contributed by atoms with E-state index in [1.165, 1.54) is 0 Å². The van der Waals surface area contributed by atoms with Crippen molar-refractivity contribution in [2.24, 2.45) is 0 Å². The number of hydrogen-bond acceptors (Lipinski definition) is 5. The largest absolute Gasteiger partial charge is 0.497 e. The summed E-state index contributed by atoms with van der Waals surface area (Å²) >= 11 is 0. The highest BCUT2D eigenvalue weighted by Gasteiger charge is 2.36. The van der Waals surface area contributed by atoms with E-state index in [1.807, 2.05) is 31.2 Å². The summed E-state index contributed by atoms with van der Waals surface area (Å²) in [5, 5.41) is 11.0. The fraction of sp³-hybridized carbons (Fsp3) is 0.440. The number of methoxy groups -OCH3 is 2. The van der Waals surface area contributed by atoms with Crippen LogP contribution in [0.1, 0.15) is 43.7 Å². The highest BCUT2D eigenvalue weighted by Crippen LogP contribution is 2.24. The summed E-state index contributed by atoms with van der Waals surface area (Å²) in [5.74, 6) is 1.39. The molecule has 32 heavy (non-hydrogen) atoms. The highest BCUT2D eigenvalue weighted by atomic mass is 32.2. The molecule has 0 radical (unpaired) electrons. The smallest absolute Gasteiger partial charge is 0.216 e. The van der Waals surface area contributed by atoms with Crippen molar-refractivity contribution in [1.82, 2.24) is 4.72 Å². The molecule has 2 rings (SSSR count). The van der Waals surface area contributed by atoms with Crippen molar-refractivity contribution in [1.29, 1.82) is 0 Å². The van der Waals surface area contributed by atoms with Crippen molar-refractivity contribution < 1.29 is 23.0 Å². The van der Waals surface area contributed by atoms with Gasteiger partial charge < -0.3 is 14.6 Å². The van der Waals surface area contributed by atoms with Crippen molar-refractivity contribution in [3.05, 3.63) is 72.3 Å². The number of sulfonamides is 1. The third kappa shape index (κ3) is 7.65. The van der Waals surface area contributed by atoms with E-state index in [0.29, 0.717) is 30.8 Å². The van der Waals surface area contributed by atoms with Crippen LogP contribution in [0.25, 0.3) is 0 Å². The van der Waals surface area contributed by atoms with Gasteiger partial charge in [0.2, 0.25) is 10.0 Å². The zero-order valence-corrected chi connectivity index (χ0v) is 20.0. The van der Waals surface area contributed by atoms with E-state index in [-0.39, 0.29) is 12.8 Å². The van der Waals surface area contributed by atoms with Crippen LogP contribution >= 0.6 is 0 Å². The van der Waals surface area contributed by atoms with Gasteiger partial charge in [0.05, 0.1) is 19.5 Å². The Balaban J connectivity index is 2.34. The molecule has 0 heterocycles. The first kappa shape index (κ1) is 25.9. The molecular weight excluding hydrogens is 426 g/mol. The number of benzene rings is 2. The van der Waals surface area contributed by atoms with E-state index < -0.39 is 21.0 Å². The third-order valence-electron chi connectivity index (χ3n) is 5.39. The number of rotatable bonds is 14. The Bertz CT molecular complexity index is 890. The molecule has 2 aromatic carbocycles. The van der Waals surface area contributed by atoms with Gasteiger partial charge in [-0.05, 0) is 54.7 Å². The normalized spacial score (nSPS) is 12.9. The molecule has 0 aliphatic rings. The van der Waals surface area contributed by atoms with Gasteiger partial charge in [-0.25, -0.2) is 8.42 Å². The van der Waals surface area contributed by atoms with E-state index >= 15 is 0 Å². The lowest BCUT2D eigenvalue weighted by Gasteiger charge is -2.32. The number of hydrogen-bond donors (Lipinski definition) is 2. The molecule has 0 spiro atoms. The van der Waals surface area contributed by atoms with Crippen LogP contribution in [0.4, 0.5) is 0 Å². The zero-order valence-electron chi connectivity index (χ0n) is 19.2. The highest BCUT2D eigenvalue weighted by molar-refractivity contribution is 7.90. The summed E-state index contributed by atoms with van der Waals surface area (Å²) in [4.78, 5) is 0. The van der Waals surface area contributed by atoms with Gasteiger partial charge in [-0.15, -0.1) is 6.58 Å². The van der Waals surface area contributed by atoms with Crippen LogP contribution in [0.5, 0.6) is 11.5 Å². The summed E-state index contributed by atoms with van der Waals surface area (Å²) < 4.78 is 39.6. The number of nitrogens with one attached hydrogen (secondary N) is 1. The second-order valence-corrected chi connectivity index (χ2v) is 9.97. The minimum Gasteiger partial charge on any atom is -0.497 e. The Morgan fingerprint density at radius 1 is 0.969 bits per heavy atom. The topological polar surface area (TPSA) is 84.9 Å². The Morgan fingerprint density at radius 2 is 1.44 bits per heavy atom. The van der Waals surface area contributed by atoms with Gasteiger partial charge in [0.25, 0.3) is 0 Å². The summed E-state index contributed by atoms with van der Waals surface area (Å²) in [6.07, 6.45) is 4.27. The molecule has 0 fully saturated rings. The van der Waals surface area contributed by atoms with Gasteiger partial charge in [-0.1, -0.05) is 43.7 Å². The maximum absolute atomic E-state index is 13.3. The molecule has 0 bridgehead atoms. The Labute approximate surface area is 192 Å². The van der Waals surface area contributed by atoms with Crippen LogP contribution in [0.15, 0.2) is 61.2 Å². The molecule has 1 unspecified atom stereocenters. The molecule has 7 heteroatoms. The minimum absolute atomic E-state index is 0.114. The van der Waals surface area contributed by atoms with Crippen molar-refractivity contribution in [2.75, 3.05) is 14.2 Å². The second-order valence-electron chi connectivity index (χ2n) is 8.01. The average molecular weight is 462 g/mol. The molecule has 0 saturated carbocycles. The molecule has 0 aromatic heterocycles. The molecule has 2 aromatic rings. The molecule has 0 saturated heterocycles. The standard InChI is InChI=1S/C25H35NO5S/c1-5-7-9-24(8-6-2)32(28,29)26-25(27,18-20-10-14-22(30-3)15-11-20)19-21-12-16-23(31-4)17-13-21/h5,10-17,24,26-27H,1,6-9,18-19H2,2-4H3. The summed E-state index contributed by atoms with van der Waals surface area (Å²) in [6.45, 7) is 5.66. The summed E-state index contributed by atoms with van der Waals surface area (Å²) in [5.41, 5.74) is -0.104. The van der Waals surface area contributed by atoms with E-state index in [9.17, 15) is 13.5 Å². The van der Waals surface area contributed by atoms with E-state index in [4.69, 9.17) is 9.47 Å². The molecule has 1 atom stereocenters. The minimum atomic E-state index is -3.78. The van der Waals surface area contributed by atoms with Crippen LogP contribution in [-0.2, 0) is 22.9 Å². The van der Waals surface area contributed by atoms with Crippen molar-refractivity contribution in [2.45, 2.75) is 56.4 Å². The van der Waals surface area contributed by atoms with Gasteiger partial charge >= 0.3 is 0 Å². The third-order valence-corrected chi connectivity index (χ3v) is 7.40. The van der Waals surface area contributed by atoms with E-state index in [1.54, 1.807) is 44.6 Å². The maximum Gasteiger partial charge on any atom is 0.216 e. The molecule has 0 aliphatic heterocycles. The van der Waals surface area contributed by atoms with Crippen molar-refractivity contribution in [3.63, 3.8) is 0 Å². The number of aliphatic hydroxyl groups is 1. The van der Waals surface area contributed by atoms with Crippen LogP contribution in [-0.4, -0.2) is 38.7 Å². The Morgan fingerprint density at radius 3 is 1.81 bits per heavy atom. The molecule has 0 aliphatic carbocycles. The lowest BCUT2D eigenvalue weighted by molar-refractivity contribution is 0.0290. The number of allylic oxidation sites excluding steroid dienone is 1. The lowest BCUT2D eigenvalue weighted by Crippen LogP contribution is -2.54. The van der Waals surface area contributed by atoms with Gasteiger partial charge in [-0.2, -0.15) is 4.72 Å². The van der Waals surface area contributed by atoms with Gasteiger partial charge in [-0.3, -0.25) is 0 Å². The zero-order chi connectivity index (χ0) is 23.6. The first-order valence-corrected chi connectivity index (χ1v) is 12.4. The average Bonchev–Trinajstić information content (AvgIpc) is 2.77. The van der Waals surface area contributed by atoms with Crippen molar-refractivity contribution >= 4 is 10.0 Å².